The van der Waals surface area contributed by atoms with Crippen LogP contribution >= 0.6 is 39.1 Å². The van der Waals surface area contributed by atoms with Crippen LogP contribution in [0.25, 0.3) is 33.6 Å². The van der Waals surface area contributed by atoms with Crippen LogP contribution in [0.5, 0.6) is 0 Å². The summed E-state index contributed by atoms with van der Waals surface area (Å²) in [6.45, 7) is 0. The molecule has 2 aromatic carbocycles. The van der Waals surface area contributed by atoms with Gasteiger partial charge in [-0.1, -0.05) is 47.5 Å². The fraction of sp³-hybridized carbons (Fsp3) is 0. The van der Waals surface area contributed by atoms with Crippen molar-refractivity contribution in [2.45, 2.75) is 0 Å². The van der Waals surface area contributed by atoms with Gasteiger partial charge in [-0.25, -0.2) is 19.9 Å². The fourth-order valence-electron chi connectivity index (χ4n) is 3.03. The molecule has 0 amide bonds. The Hall–Kier alpha value is -3.28. The minimum absolute atomic E-state index is 0.449. The second-order valence-electron chi connectivity index (χ2n) is 7.30. The van der Waals surface area contributed by atoms with Gasteiger partial charge in [0.1, 0.15) is 15.6 Å². The summed E-state index contributed by atoms with van der Waals surface area (Å²) >= 11 is 14.6. The SMILES string of the molecule is Brc1cnc2[nH]ccc2n1.Clc1ccc(-c2cnc3[nH]ccc3n2)cc1.OB(O)c1ccc(Cl)cc1. The molecule has 0 aliphatic carbocycles. The molecule has 0 spiro atoms. The zero-order valence-corrected chi connectivity index (χ0v) is 21.6. The van der Waals surface area contributed by atoms with Crippen molar-refractivity contribution in [3.63, 3.8) is 0 Å². The topological polar surface area (TPSA) is 124 Å². The maximum Gasteiger partial charge on any atom is 0.488 e. The van der Waals surface area contributed by atoms with Crippen molar-refractivity contribution in [2.24, 2.45) is 0 Å². The van der Waals surface area contributed by atoms with Crippen LogP contribution in [-0.2, 0) is 0 Å². The highest BCUT2D eigenvalue weighted by Crippen LogP contribution is 2.20. The summed E-state index contributed by atoms with van der Waals surface area (Å²) in [6.07, 6.45) is 7.06. The molecule has 0 atom stereocenters. The van der Waals surface area contributed by atoms with Crippen molar-refractivity contribution < 1.29 is 10.0 Å². The van der Waals surface area contributed by atoms with E-state index in [4.69, 9.17) is 33.2 Å². The lowest BCUT2D eigenvalue weighted by atomic mass is 9.81. The number of aromatic nitrogens is 6. The van der Waals surface area contributed by atoms with Crippen LogP contribution in [0.3, 0.4) is 0 Å². The smallest absolute Gasteiger partial charge is 0.423 e. The Kier molecular flexibility index (Phi) is 8.68. The number of halogens is 3. The lowest BCUT2D eigenvalue weighted by Gasteiger charge is -2.00. The molecule has 6 rings (SSSR count). The molecule has 4 aromatic heterocycles. The fourth-order valence-corrected chi connectivity index (χ4v) is 3.58. The van der Waals surface area contributed by atoms with Gasteiger partial charge in [0.2, 0.25) is 0 Å². The number of H-pyrrole nitrogens is 2. The number of benzene rings is 2. The third-order valence-corrected chi connectivity index (χ3v) is 5.69. The van der Waals surface area contributed by atoms with E-state index < -0.39 is 7.12 Å². The van der Waals surface area contributed by atoms with Gasteiger partial charge < -0.3 is 20.0 Å². The standard InChI is InChI=1S/C12H8ClN3.C6H6BClO2.C6H4BrN3/c13-9-3-1-8(2-4-9)11-7-15-12-10(16-11)5-6-14-12;8-6-3-1-5(2-4-6)7(9)10;7-5-3-9-6-4(10-5)1-2-8-6/h1-7H,(H,14,15);1-4,9-10H;1-3H,(H,8,9). The highest BCUT2D eigenvalue weighted by molar-refractivity contribution is 9.10. The van der Waals surface area contributed by atoms with Crippen LogP contribution in [-0.4, -0.2) is 47.1 Å². The molecule has 0 saturated carbocycles. The Bertz CT molecular complexity index is 1560. The Balaban J connectivity index is 0.000000133. The summed E-state index contributed by atoms with van der Waals surface area (Å²) in [4.78, 5) is 23.0. The zero-order chi connectivity index (χ0) is 25.5. The van der Waals surface area contributed by atoms with E-state index in [1.54, 1.807) is 36.7 Å². The van der Waals surface area contributed by atoms with Gasteiger partial charge >= 0.3 is 7.12 Å². The van der Waals surface area contributed by atoms with E-state index in [1.165, 1.54) is 0 Å². The molecule has 4 heterocycles. The summed E-state index contributed by atoms with van der Waals surface area (Å²) in [5.41, 5.74) is 5.69. The van der Waals surface area contributed by atoms with Gasteiger partial charge in [-0.3, -0.25) is 0 Å². The predicted octanol–water partition coefficient (Wildman–Crippen LogP) is 5.02. The number of rotatable bonds is 2. The van der Waals surface area contributed by atoms with Gasteiger partial charge in [-0.2, -0.15) is 0 Å². The van der Waals surface area contributed by atoms with E-state index in [-0.39, 0.29) is 0 Å². The summed E-state index contributed by atoms with van der Waals surface area (Å²) in [5, 5.41) is 18.6. The van der Waals surface area contributed by atoms with Crippen LogP contribution < -0.4 is 5.46 Å². The molecular weight excluding hydrogens is 566 g/mol. The molecule has 180 valence electrons. The third kappa shape index (κ3) is 6.90. The average molecular weight is 584 g/mol. The first-order valence-corrected chi connectivity index (χ1v) is 12.1. The molecule has 12 heteroatoms. The van der Waals surface area contributed by atoms with E-state index in [2.05, 4.69) is 45.8 Å². The first kappa shape index (κ1) is 25.8. The van der Waals surface area contributed by atoms with Crippen molar-refractivity contribution >= 4 is 74.0 Å². The summed E-state index contributed by atoms with van der Waals surface area (Å²) in [5.74, 6) is 0. The largest absolute Gasteiger partial charge is 0.488 e. The van der Waals surface area contributed by atoms with Crippen molar-refractivity contribution in [1.29, 1.82) is 0 Å². The lowest BCUT2D eigenvalue weighted by Crippen LogP contribution is -2.29. The molecule has 6 aromatic rings. The van der Waals surface area contributed by atoms with Crippen LogP contribution in [0.15, 0.2) is 90.1 Å². The normalized spacial score (nSPS) is 10.4. The Morgan fingerprint density at radius 3 is 1.81 bits per heavy atom. The number of nitrogens with zero attached hydrogens (tertiary/aromatic N) is 4. The predicted molar refractivity (Wildman–Crippen MR) is 147 cm³/mol. The van der Waals surface area contributed by atoms with E-state index in [0.29, 0.717) is 10.5 Å². The van der Waals surface area contributed by atoms with E-state index in [9.17, 15) is 0 Å². The van der Waals surface area contributed by atoms with Gasteiger partial charge in [-0.05, 0) is 57.8 Å². The Labute approximate surface area is 224 Å². The van der Waals surface area contributed by atoms with E-state index in [1.807, 2.05) is 48.8 Å². The molecule has 0 bridgehead atoms. The van der Waals surface area contributed by atoms with Crippen LogP contribution in [0.2, 0.25) is 10.0 Å². The van der Waals surface area contributed by atoms with Gasteiger partial charge in [-0.15, -0.1) is 0 Å². The van der Waals surface area contributed by atoms with Gasteiger partial charge in [0.25, 0.3) is 0 Å². The molecule has 0 fully saturated rings. The minimum atomic E-state index is -1.41. The highest BCUT2D eigenvalue weighted by atomic mass is 79.9. The Morgan fingerprint density at radius 1 is 0.694 bits per heavy atom. The summed E-state index contributed by atoms with van der Waals surface area (Å²) in [7, 11) is -1.41. The lowest BCUT2D eigenvalue weighted by molar-refractivity contribution is 0.426. The molecule has 0 aliphatic heterocycles. The molecule has 36 heavy (non-hydrogen) atoms. The quantitative estimate of drug-likeness (QED) is 0.212. The molecular formula is C24H18BBrCl2N6O2. The first-order chi connectivity index (χ1) is 17.4. The minimum Gasteiger partial charge on any atom is -0.423 e. The molecule has 4 N–H and O–H groups in total. The van der Waals surface area contributed by atoms with Crippen LogP contribution in [0, 0.1) is 0 Å². The van der Waals surface area contributed by atoms with Crippen LogP contribution in [0.4, 0.5) is 0 Å². The molecule has 0 radical (unpaired) electrons. The summed E-state index contributed by atoms with van der Waals surface area (Å²) < 4.78 is 0.764. The van der Waals surface area contributed by atoms with Gasteiger partial charge in [0.15, 0.2) is 11.3 Å². The van der Waals surface area contributed by atoms with Gasteiger partial charge in [0, 0.05) is 28.0 Å². The number of nitrogens with one attached hydrogen (secondary N) is 2. The Morgan fingerprint density at radius 2 is 1.22 bits per heavy atom. The molecule has 0 aliphatic rings. The van der Waals surface area contributed by atoms with E-state index >= 15 is 0 Å². The number of hydrogen-bond acceptors (Lipinski definition) is 6. The zero-order valence-electron chi connectivity index (χ0n) is 18.5. The number of aromatic amines is 2. The van der Waals surface area contributed by atoms with E-state index in [0.717, 1.165) is 43.2 Å². The molecule has 8 nitrogen and oxygen atoms in total. The van der Waals surface area contributed by atoms with Crippen molar-refractivity contribution in [1.82, 2.24) is 29.9 Å². The van der Waals surface area contributed by atoms with Gasteiger partial charge in [0.05, 0.1) is 18.1 Å². The first-order valence-electron chi connectivity index (χ1n) is 10.5. The number of hydrogen-bond donors (Lipinski definition) is 4. The van der Waals surface area contributed by atoms with Crippen molar-refractivity contribution in [2.75, 3.05) is 0 Å². The van der Waals surface area contributed by atoms with Crippen molar-refractivity contribution in [3.05, 3.63) is 100 Å². The van der Waals surface area contributed by atoms with Crippen molar-refractivity contribution in [3.8, 4) is 11.3 Å². The molecule has 0 saturated heterocycles. The highest BCUT2D eigenvalue weighted by Gasteiger charge is 2.08. The second-order valence-corrected chi connectivity index (χ2v) is 8.99. The van der Waals surface area contributed by atoms with Crippen LogP contribution in [0.1, 0.15) is 0 Å². The maximum atomic E-state index is 8.63. The molecule has 0 unspecified atom stereocenters. The number of fused-ring (bicyclic) bond motifs is 2. The average Bonchev–Trinajstić information content (AvgIpc) is 3.54. The summed E-state index contributed by atoms with van der Waals surface area (Å²) in [6, 6.07) is 17.7. The third-order valence-electron chi connectivity index (χ3n) is 4.80. The second kappa shape index (κ2) is 12.1. The maximum absolute atomic E-state index is 8.63. The monoisotopic (exact) mass is 582 g/mol.